The molecule has 1 aliphatic rings. The van der Waals surface area contributed by atoms with Crippen molar-refractivity contribution in [1.29, 1.82) is 0 Å². The van der Waals surface area contributed by atoms with E-state index in [4.69, 9.17) is 5.73 Å². The van der Waals surface area contributed by atoms with Gasteiger partial charge in [-0.1, -0.05) is 0 Å². The predicted molar refractivity (Wildman–Crippen MR) is 65.4 cm³/mol. The highest BCUT2D eigenvalue weighted by atomic mass is 32.2. The molecular formula is C11H17N3O2S. The molecule has 5 nitrogen and oxygen atoms in total. The average Bonchev–Trinajstić information content (AvgIpc) is 2.58. The number of aromatic nitrogens is 2. The second-order valence-electron chi connectivity index (χ2n) is 4.69. The van der Waals surface area contributed by atoms with Crippen molar-refractivity contribution in [3.63, 3.8) is 0 Å². The van der Waals surface area contributed by atoms with Gasteiger partial charge in [-0.15, -0.1) is 0 Å². The molecule has 0 saturated carbocycles. The Labute approximate surface area is 101 Å². The van der Waals surface area contributed by atoms with Crippen molar-refractivity contribution in [3.05, 3.63) is 23.8 Å². The van der Waals surface area contributed by atoms with E-state index in [9.17, 15) is 8.42 Å². The fraction of sp³-hybridized carbons (Fsp3) is 0.636. The standard InChI is InChI=1S/C11H17N3O2S/c1-8(12)6-10-2-4-13-11(14-10)9-3-5-17(15,16)7-9/h2,4,8-9H,3,5-7,12H2,1H3. The third kappa shape index (κ3) is 3.23. The monoisotopic (exact) mass is 255 g/mol. The van der Waals surface area contributed by atoms with E-state index in [0.717, 1.165) is 5.69 Å². The van der Waals surface area contributed by atoms with E-state index < -0.39 is 9.84 Å². The van der Waals surface area contributed by atoms with Crippen LogP contribution >= 0.6 is 0 Å². The first-order valence-electron chi connectivity index (χ1n) is 5.74. The second-order valence-corrected chi connectivity index (χ2v) is 6.92. The van der Waals surface area contributed by atoms with Crippen molar-refractivity contribution in [3.8, 4) is 0 Å². The van der Waals surface area contributed by atoms with Crippen molar-refractivity contribution in [1.82, 2.24) is 9.97 Å². The van der Waals surface area contributed by atoms with Crippen LogP contribution in [0, 0.1) is 0 Å². The lowest BCUT2D eigenvalue weighted by Gasteiger charge is -2.09. The molecular weight excluding hydrogens is 238 g/mol. The molecule has 2 N–H and O–H groups in total. The summed E-state index contributed by atoms with van der Waals surface area (Å²) in [4.78, 5) is 8.58. The number of nitrogens with two attached hydrogens (primary N) is 1. The fourth-order valence-electron chi connectivity index (χ4n) is 2.05. The van der Waals surface area contributed by atoms with Crippen molar-refractivity contribution in [2.75, 3.05) is 11.5 Å². The molecule has 2 rings (SSSR count). The highest BCUT2D eigenvalue weighted by molar-refractivity contribution is 7.91. The smallest absolute Gasteiger partial charge is 0.151 e. The Bertz CT molecular complexity index is 499. The molecule has 2 unspecified atom stereocenters. The molecule has 0 bridgehead atoms. The number of rotatable bonds is 3. The van der Waals surface area contributed by atoms with Crippen molar-refractivity contribution >= 4 is 9.84 Å². The third-order valence-corrected chi connectivity index (χ3v) is 4.63. The highest BCUT2D eigenvalue weighted by Crippen LogP contribution is 2.26. The third-order valence-electron chi connectivity index (χ3n) is 2.86. The van der Waals surface area contributed by atoms with Crippen LogP contribution in [0.4, 0.5) is 0 Å². The average molecular weight is 255 g/mol. The van der Waals surface area contributed by atoms with E-state index >= 15 is 0 Å². The van der Waals surface area contributed by atoms with Gasteiger partial charge >= 0.3 is 0 Å². The van der Waals surface area contributed by atoms with E-state index in [2.05, 4.69) is 9.97 Å². The second kappa shape index (κ2) is 4.70. The molecule has 0 amide bonds. The van der Waals surface area contributed by atoms with E-state index in [1.807, 2.05) is 13.0 Å². The molecule has 0 radical (unpaired) electrons. The highest BCUT2D eigenvalue weighted by Gasteiger charge is 2.30. The summed E-state index contributed by atoms with van der Waals surface area (Å²) >= 11 is 0. The summed E-state index contributed by atoms with van der Waals surface area (Å²) in [5, 5.41) is 0. The Morgan fingerprint density at radius 3 is 2.94 bits per heavy atom. The first kappa shape index (κ1) is 12.4. The van der Waals surface area contributed by atoms with Crippen molar-refractivity contribution < 1.29 is 8.42 Å². The summed E-state index contributed by atoms with van der Waals surface area (Å²) in [5.74, 6) is 1.02. The van der Waals surface area contributed by atoms with Crippen LogP contribution < -0.4 is 5.73 Å². The van der Waals surface area contributed by atoms with Crippen LogP contribution in [0.3, 0.4) is 0 Å². The molecule has 1 aromatic rings. The molecule has 2 atom stereocenters. The lowest BCUT2D eigenvalue weighted by Crippen LogP contribution is -2.19. The molecule has 0 aliphatic carbocycles. The van der Waals surface area contributed by atoms with Gasteiger partial charge < -0.3 is 5.73 Å². The SMILES string of the molecule is CC(N)Cc1ccnc(C2CCS(=O)(=O)C2)n1. The predicted octanol–water partition coefficient (Wildman–Crippen LogP) is 0.268. The fourth-order valence-corrected chi connectivity index (χ4v) is 3.79. The van der Waals surface area contributed by atoms with Crippen LogP contribution in [0.25, 0.3) is 0 Å². The minimum Gasteiger partial charge on any atom is -0.328 e. The van der Waals surface area contributed by atoms with Crippen molar-refractivity contribution in [2.24, 2.45) is 5.73 Å². The van der Waals surface area contributed by atoms with Crippen LogP contribution in [0.1, 0.15) is 30.8 Å². The summed E-state index contributed by atoms with van der Waals surface area (Å²) in [6.45, 7) is 1.92. The Hall–Kier alpha value is -1.01. The maximum absolute atomic E-state index is 11.4. The van der Waals surface area contributed by atoms with Gasteiger partial charge in [0.15, 0.2) is 9.84 Å². The lowest BCUT2D eigenvalue weighted by molar-refractivity contribution is 0.600. The molecule has 2 heterocycles. The summed E-state index contributed by atoms with van der Waals surface area (Å²) in [5.41, 5.74) is 6.60. The number of hydrogen-bond donors (Lipinski definition) is 1. The molecule has 94 valence electrons. The van der Waals surface area contributed by atoms with Crippen LogP contribution in [-0.2, 0) is 16.3 Å². The quantitative estimate of drug-likeness (QED) is 0.837. The van der Waals surface area contributed by atoms with Gasteiger partial charge in [-0.2, -0.15) is 0 Å². The first-order chi connectivity index (χ1) is 7.96. The molecule has 1 aromatic heterocycles. The molecule has 1 aliphatic heterocycles. The Morgan fingerprint density at radius 1 is 1.59 bits per heavy atom. The van der Waals surface area contributed by atoms with E-state index in [1.165, 1.54) is 0 Å². The molecule has 6 heteroatoms. The normalized spacial score (nSPS) is 24.7. The molecule has 1 fully saturated rings. The zero-order chi connectivity index (χ0) is 12.5. The molecule has 0 aromatic carbocycles. The van der Waals surface area contributed by atoms with Crippen LogP contribution in [-0.4, -0.2) is 35.9 Å². The minimum atomic E-state index is -2.88. The van der Waals surface area contributed by atoms with E-state index in [0.29, 0.717) is 18.7 Å². The summed E-state index contributed by atoms with van der Waals surface area (Å²) in [7, 11) is -2.88. The van der Waals surface area contributed by atoms with Gasteiger partial charge in [0.25, 0.3) is 0 Å². The van der Waals surface area contributed by atoms with Gasteiger partial charge in [0.2, 0.25) is 0 Å². The topological polar surface area (TPSA) is 85.9 Å². The largest absolute Gasteiger partial charge is 0.328 e. The number of nitrogens with zero attached hydrogens (tertiary/aromatic N) is 2. The lowest BCUT2D eigenvalue weighted by atomic mass is 10.1. The molecule has 0 spiro atoms. The zero-order valence-corrected chi connectivity index (χ0v) is 10.7. The van der Waals surface area contributed by atoms with Crippen molar-refractivity contribution in [2.45, 2.75) is 31.7 Å². The van der Waals surface area contributed by atoms with Crippen LogP contribution in [0.2, 0.25) is 0 Å². The summed E-state index contributed by atoms with van der Waals surface area (Å²) in [6.07, 6.45) is 3.00. The van der Waals surface area contributed by atoms with Gasteiger partial charge in [0, 0.05) is 30.3 Å². The van der Waals surface area contributed by atoms with Gasteiger partial charge in [-0.3, -0.25) is 0 Å². The van der Waals surface area contributed by atoms with E-state index in [1.54, 1.807) is 6.20 Å². The maximum Gasteiger partial charge on any atom is 0.151 e. The minimum absolute atomic E-state index is 0.0464. The Balaban J connectivity index is 2.17. The summed E-state index contributed by atoms with van der Waals surface area (Å²) < 4.78 is 22.8. The Morgan fingerprint density at radius 2 is 2.35 bits per heavy atom. The number of sulfone groups is 1. The van der Waals surface area contributed by atoms with Gasteiger partial charge in [-0.05, 0) is 19.4 Å². The van der Waals surface area contributed by atoms with Gasteiger partial charge in [-0.25, -0.2) is 18.4 Å². The van der Waals surface area contributed by atoms with Crippen LogP contribution in [0.5, 0.6) is 0 Å². The summed E-state index contributed by atoms with van der Waals surface area (Å²) in [6, 6.07) is 1.88. The van der Waals surface area contributed by atoms with Gasteiger partial charge in [0.05, 0.1) is 11.5 Å². The van der Waals surface area contributed by atoms with Crippen LogP contribution in [0.15, 0.2) is 12.3 Å². The maximum atomic E-state index is 11.4. The molecule has 1 saturated heterocycles. The first-order valence-corrected chi connectivity index (χ1v) is 7.56. The van der Waals surface area contributed by atoms with E-state index in [-0.39, 0.29) is 23.5 Å². The molecule has 17 heavy (non-hydrogen) atoms. The zero-order valence-electron chi connectivity index (χ0n) is 9.83. The Kier molecular flexibility index (Phi) is 3.44. The number of hydrogen-bond acceptors (Lipinski definition) is 5. The van der Waals surface area contributed by atoms with Gasteiger partial charge in [0.1, 0.15) is 5.82 Å².